The van der Waals surface area contributed by atoms with Gasteiger partial charge in [-0.3, -0.25) is 4.79 Å². The Morgan fingerprint density at radius 3 is 2.35 bits per heavy atom. The molecule has 0 aliphatic heterocycles. The second-order valence-corrected chi connectivity index (χ2v) is 10.0. The lowest BCUT2D eigenvalue weighted by atomic mass is 9.87. The van der Waals surface area contributed by atoms with Crippen LogP contribution in [0.5, 0.6) is 0 Å². The van der Waals surface area contributed by atoms with Crippen molar-refractivity contribution in [1.82, 2.24) is 5.32 Å². The lowest BCUT2D eigenvalue weighted by Crippen LogP contribution is -2.37. The van der Waals surface area contributed by atoms with Crippen LogP contribution in [0.25, 0.3) is 0 Å². The molecular formula is C19H31ClN2O3S. The number of carbonyl (C=O) groups excluding carboxylic acids is 1. The molecule has 1 amide bonds. The minimum atomic E-state index is -3.40. The molecule has 0 heterocycles. The first-order valence-electron chi connectivity index (χ1n) is 8.96. The summed E-state index contributed by atoms with van der Waals surface area (Å²) in [6.45, 7) is 6.91. The van der Waals surface area contributed by atoms with Gasteiger partial charge in [-0.05, 0) is 48.4 Å². The normalized spacial score (nSPS) is 20.5. The first kappa shape index (κ1) is 22.9. The first-order valence-corrected chi connectivity index (χ1v) is 10.6. The molecule has 1 fully saturated rings. The smallest absolute Gasteiger partial charge is 0.223 e. The van der Waals surface area contributed by atoms with E-state index in [0.29, 0.717) is 11.4 Å². The van der Waals surface area contributed by atoms with Gasteiger partial charge in [0.2, 0.25) is 5.91 Å². The van der Waals surface area contributed by atoms with Gasteiger partial charge in [-0.2, -0.15) is 0 Å². The third-order valence-corrected chi connectivity index (χ3v) is 6.78. The molecule has 1 aromatic carbocycles. The minimum Gasteiger partial charge on any atom is -0.355 e. The van der Waals surface area contributed by atoms with Crippen LogP contribution < -0.4 is 11.1 Å². The molecule has 1 saturated carbocycles. The molecule has 2 atom stereocenters. The van der Waals surface area contributed by atoms with Crippen LogP contribution in [0.2, 0.25) is 0 Å². The maximum atomic E-state index is 12.4. The maximum Gasteiger partial charge on any atom is 0.223 e. The van der Waals surface area contributed by atoms with E-state index in [2.05, 4.69) is 26.1 Å². The molecule has 0 spiro atoms. The van der Waals surface area contributed by atoms with E-state index < -0.39 is 9.84 Å². The summed E-state index contributed by atoms with van der Waals surface area (Å²) in [5.74, 6) is -0.000265. The van der Waals surface area contributed by atoms with Gasteiger partial charge in [-0.1, -0.05) is 39.3 Å². The highest BCUT2D eigenvalue weighted by atomic mass is 35.5. The Balaban J connectivity index is 0.00000338. The van der Waals surface area contributed by atoms with Crippen molar-refractivity contribution in [2.24, 2.45) is 17.6 Å². The zero-order valence-electron chi connectivity index (χ0n) is 15.8. The number of hydrogen-bond acceptors (Lipinski definition) is 4. The number of sulfone groups is 1. The Morgan fingerprint density at radius 2 is 1.81 bits per heavy atom. The highest BCUT2D eigenvalue weighted by Crippen LogP contribution is 2.31. The predicted molar refractivity (Wildman–Crippen MR) is 107 cm³/mol. The fourth-order valence-electron chi connectivity index (χ4n) is 3.38. The summed E-state index contributed by atoms with van der Waals surface area (Å²) in [6.07, 6.45) is 2.83. The van der Waals surface area contributed by atoms with Crippen LogP contribution in [0.15, 0.2) is 29.2 Å². The van der Waals surface area contributed by atoms with Gasteiger partial charge >= 0.3 is 0 Å². The predicted octanol–water partition coefficient (Wildman–Crippen LogP) is 2.67. The van der Waals surface area contributed by atoms with Crippen LogP contribution >= 0.6 is 12.4 Å². The van der Waals surface area contributed by atoms with Crippen molar-refractivity contribution in [2.45, 2.75) is 50.3 Å². The van der Waals surface area contributed by atoms with E-state index in [-0.39, 0.29) is 47.9 Å². The van der Waals surface area contributed by atoms with Gasteiger partial charge in [0, 0.05) is 12.5 Å². The summed E-state index contributed by atoms with van der Waals surface area (Å²) < 4.78 is 24.9. The van der Waals surface area contributed by atoms with Crippen molar-refractivity contribution in [2.75, 3.05) is 18.8 Å². The molecule has 1 aliphatic carbocycles. The molecular weight excluding hydrogens is 372 g/mol. The van der Waals surface area contributed by atoms with Crippen LogP contribution in [0.4, 0.5) is 0 Å². The third kappa shape index (κ3) is 5.69. The molecule has 0 aromatic heterocycles. The van der Waals surface area contributed by atoms with Gasteiger partial charge in [-0.25, -0.2) is 8.42 Å². The zero-order valence-corrected chi connectivity index (χ0v) is 17.5. The monoisotopic (exact) mass is 402 g/mol. The molecule has 7 heteroatoms. The molecule has 2 rings (SSSR count). The van der Waals surface area contributed by atoms with Crippen molar-refractivity contribution in [3.8, 4) is 0 Å². The van der Waals surface area contributed by atoms with Crippen molar-refractivity contribution in [1.29, 1.82) is 0 Å². The largest absolute Gasteiger partial charge is 0.355 e. The second kappa shape index (κ2) is 9.20. The molecule has 1 aliphatic rings. The van der Waals surface area contributed by atoms with E-state index in [9.17, 15) is 13.2 Å². The number of carbonyl (C=O) groups is 1. The van der Waals surface area contributed by atoms with Crippen LogP contribution in [0.1, 0.15) is 45.6 Å². The summed E-state index contributed by atoms with van der Waals surface area (Å²) in [5.41, 5.74) is 6.78. The van der Waals surface area contributed by atoms with E-state index >= 15 is 0 Å². The molecule has 0 saturated heterocycles. The topological polar surface area (TPSA) is 89.3 Å². The molecule has 5 nitrogen and oxygen atoms in total. The quantitative estimate of drug-likeness (QED) is 0.765. The summed E-state index contributed by atoms with van der Waals surface area (Å²) in [5, 5.41) is 2.78. The summed E-state index contributed by atoms with van der Waals surface area (Å²) >= 11 is 0. The van der Waals surface area contributed by atoms with Gasteiger partial charge in [0.05, 0.1) is 10.6 Å². The fraction of sp³-hybridized carbons (Fsp3) is 0.632. The van der Waals surface area contributed by atoms with Crippen LogP contribution in [-0.4, -0.2) is 33.2 Å². The maximum absolute atomic E-state index is 12.4. The molecule has 3 N–H and O–H groups in total. The van der Waals surface area contributed by atoms with Gasteiger partial charge in [-0.15, -0.1) is 12.4 Å². The van der Waals surface area contributed by atoms with E-state index in [4.69, 9.17) is 5.73 Å². The van der Waals surface area contributed by atoms with Crippen molar-refractivity contribution < 1.29 is 13.2 Å². The Kier molecular flexibility index (Phi) is 8.11. The standard InChI is InChI=1S/C19H30N2O3S.ClH/c1-19(2,3)15-7-9-16(10-8-15)25(23,24)12-11-21-18(22)17-6-4-5-14(17)13-20;/h7-10,14,17H,4-6,11-13,20H2,1-3H3,(H,21,22);1H/t14-,17-;/m1./s1. The van der Waals surface area contributed by atoms with Crippen LogP contribution in [0.3, 0.4) is 0 Å². The molecule has 0 unspecified atom stereocenters. The lowest BCUT2D eigenvalue weighted by Gasteiger charge is -2.19. The fourth-order valence-corrected chi connectivity index (χ4v) is 4.54. The molecule has 0 bridgehead atoms. The van der Waals surface area contributed by atoms with Crippen molar-refractivity contribution in [3.63, 3.8) is 0 Å². The lowest BCUT2D eigenvalue weighted by molar-refractivity contribution is -0.125. The number of nitrogens with one attached hydrogen (secondary N) is 1. The summed E-state index contributed by atoms with van der Waals surface area (Å²) in [6, 6.07) is 7.02. The Morgan fingerprint density at radius 1 is 1.19 bits per heavy atom. The number of amides is 1. The number of halogens is 1. The molecule has 26 heavy (non-hydrogen) atoms. The molecule has 1 aromatic rings. The number of nitrogens with two attached hydrogens (primary N) is 1. The molecule has 148 valence electrons. The minimum absolute atomic E-state index is 0. The van der Waals surface area contributed by atoms with Crippen LogP contribution in [0, 0.1) is 11.8 Å². The Hall–Kier alpha value is -1.11. The van der Waals surface area contributed by atoms with Crippen molar-refractivity contribution >= 4 is 28.2 Å². The van der Waals surface area contributed by atoms with Crippen molar-refractivity contribution in [3.05, 3.63) is 29.8 Å². The highest BCUT2D eigenvalue weighted by Gasteiger charge is 2.31. The molecule has 0 radical (unpaired) electrons. The van der Waals surface area contributed by atoms with Gasteiger partial charge in [0.1, 0.15) is 0 Å². The third-order valence-electron chi connectivity index (χ3n) is 5.05. The van der Waals surface area contributed by atoms with E-state index in [1.54, 1.807) is 12.1 Å². The van der Waals surface area contributed by atoms with Gasteiger partial charge in [0.15, 0.2) is 9.84 Å². The summed E-state index contributed by atoms with van der Waals surface area (Å²) in [7, 11) is -3.40. The average molecular weight is 403 g/mol. The Labute approximate surface area is 163 Å². The van der Waals surface area contributed by atoms with Crippen LogP contribution in [-0.2, 0) is 20.0 Å². The van der Waals surface area contributed by atoms with Gasteiger partial charge in [0.25, 0.3) is 0 Å². The highest BCUT2D eigenvalue weighted by molar-refractivity contribution is 7.91. The average Bonchev–Trinajstić information content (AvgIpc) is 3.02. The Bertz CT molecular complexity index is 696. The van der Waals surface area contributed by atoms with E-state index in [1.807, 2.05) is 12.1 Å². The van der Waals surface area contributed by atoms with E-state index in [0.717, 1.165) is 24.8 Å². The van der Waals surface area contributed by atoms with Gasteiger partial charge < -0.3 is 11.1 Å². The number of hydrogen-bond donors (Lipinski definition) is 2. The second-order valence-electron chi connectivity index (χ2n) is 7.92. The van der Waals surface area contributed by atoms with E-state index in [1.165, 1.54) is 0 Å². The number of benzene rings is 1. The summed E-state index contributed by atoms with van der Waals surface area (Å²) in [4.78, 5) is 12.5. The number of rotatable bonds is 6. The SMILES string of the molecule is CC(C)(C)c1ccc(S(=O)(=O)CCNC(=O)[C@@H]2CCC[C@@H]2CN)cc1.Cl. The zero-order chi connectivity index (χ0) is 18.7. The first-order chi connectivity index (χ1) is 11.6.